The maximum atomic E-state index is 5.44. The van der Waals surface area contributed by atoms with Gasteiger partial charge in [0, 0.05) is 36.0 Å². The Kier molecular flexibility index (Phi) is 5.23. The van der Waals surface area contributed by atoms with Crippen molar-refractivity contribution < 1.29 is 4.74 Å². The van der Waals surface area contributed by atoms with E-state index in [1.807, 2.05) is 49.5 Å². The van der Waals surface area contributed by atoms with Crippen LogP contribution in [-0.2, 0) is 0 Å². The first kappa shape index (κ1) is 16.9. The van der Waals surface area contributed by atoms with Crippen molar-refractivity contribution in [3.05, 3.63) is 66.2 Å². The molecule has 0 saturated heterocycles. The van der Waals surface area contributed by atoms with Crippen LogP contribution in [0.25, 0.3) is 11.3 Å². The van der Waals surface area contributed by atoms with Crippen LogP contribution in [0, 0.1) is 6.92 Å². The lowest BCUT2D eigenvalue weighted by atomic mass is 10.00. The highest BCUT2D eigenvalue weighted by Gasteiger charge is 2.11. The van der Waals surface area contributed by atoms with Gasteiger partial charge in [-0.25, -0.2) is 9.97 Å². The van der Waals surface area contributed by atoms with E-state index in [1.54, 1.807) is 13.4 Å². The first-order chi connectivity index (χ1) is 12.2. The predicted octanol–water partition coefficient (Wildman–Crippen LogP) is 4.07. The first-order valence-electron chi connectivity index (χ1n) is 8.29. The van der Waals surface area contributed by atoms with Crippen molar-refractivity contribution >= 4 is 5.82 Å². The van der Waals surface area contributed by atoms with Crippen LogP contribution < -0.4 is 10.1 Å². The van der Waals surface area contributed by atoms with E-state index < -0.39 is 0 Å². The van der Waals surface area contributed by atoms with E-state index in [9.17, 15) is 0 Å². The summed E-state index contributed by atoms with van der Waals surface area (Å²) in [5, 5.41) is 3.39. The molecule has 0 bridgehead atoms. The molecule has 5 heteroatoms. The van der Waals surface area contributed by atoms with Crippen LogP contribution in [0.3, 0.4) is 0 Å². The van der Waals surface area contributed by atoms with Crippen molar-refractivity contribution in [3.8, 4) is 17.0 Å². The summed E-state index contributed by atoms with van der Waals surface area (Å²) in [6.07, 6.45) is 3.41. The Morgan fingerprint density at radius 3 is 2.68 bits per heavy atom. The molecule has 0 radical (unpaired) electrons. The molecule has 1 N–H and O–H groups in total. The number of hydrogen-bond donors (Lipinski definition) is 1. The first-order valence-corrected chi connectivity index (χ1v) is 8.29. The Morgan fingerprint density at radius 2 is 1.92 bits per heavy atom. The molecule has 0 spiro atoms. The maximum Gasteiger partial charge on any atom is 0.129 e. The molecule has 3 aromatic rings. The summed E-state index contributed by atoms with van der Waals surface area (Å²) in [6, 6.07) is 14.0. The molecule has 0 saturated carbocycles. The Bertz CT molecular complexity index is 833. The molecule has 0 aliphatic rings. The zero-order valence-corrected chi connectivity index (χ0v) is 14.7. The second kappa shape index (κ2) is 7.75. The van der Waals surface area contributed by atoms with Gasteiger partial charge in [-0.1, -0.05) is 25.1 Å². The van der Waals surface area contributed by atoms with E-state index in [1.165, 1.54) is 5.56 Å². The van der Waals surface area contributed by atoms with Crippen molar-refractivity contribution in [2.75, 3.05) is 19.0 Å². The largest absolute Gasteiger partial charge is 0.496 e. The van der Waals surface area contributed by atoms with Gasteiger partial charge in [0.05, 0.1) is 12.8 Å². The summed E-state index contributed by atoms with van der Waals surface area (Å²) in [6.45, 7) is 4.88. The lowest BCUT2D eigenvalue weighted by Gasteiger charge is -2.16. The summed E-state index contributed by atoms with van der Waals surface area (Å²) in [7, 11) is 1.70. The number of para-hydroxylation sites is 1. The van der Waals surface area contributed by atoms with Gasteiger partial charge in [-0.05, 0) is 30.7 Å². The Balaban J connectivity index is 1.71. The highest BCUT2D eigenvalue weighted by Crippen LogP contribution is 2.26. The van der Waals surface area contributed by atoms with Crippen LogP contribution in [0.4, 0.5) is 5.82 Å². The zero-order chi connectivity index (χ0) is 17.6. The third-order valence-corrected chi connectivity index (χ3v) is 4.13. The molecular weight excluding hydrogens is 312 g/mol. The second-order valence-corrected chi connectivity index (χ2v) is 6.00. The Hall–Kier alpha value is -2.95. The third-order valence-electron chi connectivity index (χ3n) is 4.13. The topological polar surface area (TPSA) is 59.9 Å². The van der Waals surface area contributed by atoms with E-state index >= 15 is 0 Å². The average Bonchev–Trinajstić information content (AvgIpc) is 2.67. The number of rotatable bonds is 6. The minimum atomic E-state index is 0.288. The molecular formula is C20H22N4O. The molecule has 0 aliphatic heterocycles. The number of aromatic nitrogens is 3. The minimum absolute atomic E-state index is 0.288. The fourth-order valence-corrected chi connectivity index (χ4v) is 2.67. The lowest BCUT2D eigenvalue weighted by Crippen LogP contribution is -2.12. The van der Waals surface area contributed by atoms with Gasteiger partial charge < -0.3 is 10.1 Å². The molecule has 0 fully saturated rings. The number of hydrogen-bond acceptors (Lipinski definition) is 5. The zero-order valence-electron chi connectivity index (χ0n) is 14.7. The Morgan fingerprint density at radius 1 is 1.08 bits per heavy atom. The van der Waals surface area contributed by atoms with Gasteiger partial charge in [0.25, 0.3) is 0 Å². The van der Waals surface area contributed by atoms with Gasteiger partial charge in [-0.3, -0.25) is 4.98 Å². The molecule has 25 heavy (non-hydrogen) atoms. The molecule has 1 aromatic carbocycles. The molecule has 2 heterocycles. The van der Waals surface area contributed by atoms with Crippen LogP contribution in [0.2, 0.25) is 0 Å². The van der Waals surface area contributed by atoms with Crippen LogP contribution in [0.15, 0.2) is 55.0 Å². The number of benzene rings is 1. The fraction of sp³-hybridized carbons (Fsp3) is 0.250. The molecule has 2 aromatic heterocycles. The van der Waals surface area contributed by atoms with Crippen LogP contribution >= 0.6 is 0 Å². The van der Waals surface area contributed by atoms with E-state index in [4.69, 9.17) is 4.74 Å². The number of anilines is 1. The summed E-state index contributed by atoms with van der Waals surface area (Å²) >= 11 is 0. The van der Waals surface area contributed by atoms with Gasteiger partial charge in [0.1, 0.15) is 17.9 Å². The molecule has 1 atom stereocenters. The van der Waals surface area contributed by atoms with Crippen LogP contribution in [-0.4, -0.2) is 28.6 Å². The second-order valence-electron chi connectivity index (χ2n) is 6.00. The molecule has 0 unspecified atom stereocenters. The van der Waals surface area contributed by atoms with Gasteiger partial charge in [-0.15, -0.1) is 0 Å². The summed E-state index contributed by atoms with van der Waals surface area (Å²) < 4.78 is 5.44. The number of methoxy groups -OCH3 is 1. The highest BCUT2D eigenvalue weighted by molar-refractivity contribution is 5.61. The summed E-state index contributed by atoms with van der Waals surface area (Å²) in [5.74, 6) is 1.99. The van der Waals surface area contributed by atoms with E-state index in [0.717, 1.165) is 35.1 Å². The van der Waals surface area contributed by atoms with Gasteiger partial charge in [0.2, 0.25) is 0 Å². The van der Waals surface area contributed by atoms with Gasteiger partial charge in [0.15, 0.2) is 0 Å². The van der Waals surface area contributed by atoms with E-state index in [-0.39, 0.29) is 5.92 Å². The van der Waals surface area contributed by atoms with Gasteiger partial charge >= 0.3 is 0 Å². The summed E-state index contributed by atoms with van der Waals surface area (Å²) in [5.41, 5.74) is 4.00. The number of pyridine rings is 1. The van der Waals surface area contributed by atoms with Crippen LogP contribution in [0.1, 0.15) is 24.1 Å². The van der Waals surface area contributed by atoms with Crippen molar-refractivity contribution in [2.24, 2.45) is 0 Å². The van der Waals surface area contributed by atoms with Crippen molar-refractivity contribution in [1.82, 2.24) is 15.0 Å². The lowest BCUT2D eigenvalue weighted by molar-refractivity contribution is 0.407. The van der Waals surface area contributed by atoms with Crippen molar-refractivity contribution in [1.29, 1.82) is 0 Å². The molecule has 3 rings (SSSR count). The summed E-state index contributed by atoms with van der Waals surface area (Å²) in [4.78, 5) is 13.0. The van der Waals surface area contributed by atoms with Gasteiger partial charge in [-0.2, -0.15) is 0 Å². The van der Waals surface area contributed by atoms with Crippen molar-refractivity contribution in [3.63, 3.8) is 0 Å². The maximum absolute atomic E-state index is 5.44. The molecule has 5 nitrogen and oxygen atoms in total. The molecule has 128 valence electrons. The van der Waals surface area contributed by atoms with Crippen molar-refractivity contribution in [2.45, 2.75) is 19.8 Å². The smallest absolute Gasteiger partial charge is 0.129 e. The number of nitrogens with one attached hydrogen (secondary N) is 1. The third kappa shape index (κ3) is 4.12. The minimum Gasteiger partial charge on any atom is -0.496 e. The van der Waals surface area contributed by atoms with Crippen LogP contribution in [0.5, 0.6) is 5.75 Å². The monoisotopic (exact) mass is 334 g/mol. The SMILES string of the molecule is COc1ccccc1[C@H](C)CNc1cc(-c2ccc(C)nc2)ncn1. The van der Waals surface area contributed by atoms with E-state index in [0.29, 0.717) is 0 Å². The number of aryl methyl sites for hydroxylation is 1. The van der Waals surface area contributed by atoms with E-state index in [2.05, 4.69) is 33.3 Å². The highest BCUT2D eigenvalue weighted by atomic mass is 16.5. The molecule has 0 amide bonds. The number of ether oxygens (including phenoxy) is 1. The number of nitrogens with zero attached hydrogens (tertiary/aromatic N) is 3. The fourth-order valence-electron chi connectivity index (χ4n) is 2.67. The Labute approximate surface area is 148 Å². The standard InChI is InChI=1S/C20H22N4O/c1-14(17-6-4-5-7-19(17)25-3)11-22-20-10-18(23-13-24-20)16-9-8-15(2)21-12-16/h4-10,12-14H,11H2,1-3H3,(H,22,23,24)/t14-/m1/s1. The molecule has 0 aliphatic carbocycles. The predicted molar refractivity (Wildman–Crippen MR) is 99.9 cm³/mol. The average molecular weight is 334 g/mol. The normalized spacial score (nSPS) is 11.8. The quantitative estimate of drug-likeness (QED) is 0.736.